The van der Waals surface area contributed by atoms with Crippen molar-refractivity contribution in [3.63, 3.8) is 0 Å². The van der Waals surface area contributed by atoms with Crippen molar-refractivity contribution in [3.8, 4) is 0 Å². The number of fused-ring (bicyclic) bond motifs is 2. The van der Waals surface area contributed by atoms with E-state index >= 15 is 0 Å². The lowest BCUT2D eigenvalue weighted by Gasteiger charge is -1.99. The first kappa shape index (κ1) is 28.3. The summed E-state index contributed by atoms with van der Waals surface area (Å²) in [6.07, 6.45) is 6.08. The summed E-state index contributed by atoms with van der Waals surface area (Å²) in [6, 6.07) is 17.3. The summed E-state index contributed by atoms with van der Waals surface area (Å²) < 4.78 is 0. The van der Waals surface area contributed by atoms with Crippen molar-refractivity contribution in [1.29, 1.82) is 0 Å². The first-order chi connectivity index (χ1) is 18.7. The average molecular weight is 600 g/mol. The van der Waals surface area contributed by atoms with Gasteiger partial charge in [0.05, 0.1) is 12.1 Å². The highest BCUT2D eigenvalue weighted by atomic mass is 35.5. The van der Waals surface area contributed by atoms with Crippen LogP contribution in [0.15, 0.2) is 73.1 Å². The van der Waals surface area contributed by atoms with E-state index in [1.807, 2.05) is 12.1 Å². The molecule has 0 saturated heterocycles. The summed E-state index contributed by atoms with van der Waals surface area (Å²) in [7, 11) is 0. The second-order valence-electron chi connectivity index (χ2n) is 8.17. The van der Waals surface area contributed by atoms with Gasteiger partial charge in [0.2, 0.25) is 5.91 Å². The van der Waals surface area contributed by atoms with Crippen LogP contribution >= 0.6 is 46.4 Å². The van der Waals surface area contributed by atoms with Crippen molar-refractivity contribution in [2.24, 2.45) is 0 Å². The van der Waals surface area contributed by atoms with Crippen LogP contribution in [-0.4, -0.2) is 28.1 Å². The Kier molecular flexibility index (Phi) is 9.32. The van der Waals surface area contributed by atoms with Gasteiger partial charge in [-0.3, -0.25) is 14.4 Å². The van der Waals surface area contributed by atoms with E-state index in [0.717, 1.165) is 34.4 Å². The molecule has 2 aliphatic rings. The van der Waals surface area contributed by atoms with Crippen LogP contribution in [0, 0.1) is 0 Å². The van der Waals surface area contributed by atoms with Gasteiger partial charge in [-0.2, -0.15) is 0 Å². The fraction of sp³-hybridized carbons (Fsp3) is 0.0357. The van der Waals surface area contributed by atoms with Crippen molar-refractivity contribution in [2.75, 3.05) is 10.6 Å². The minimum Gasteiger partial charge on any atom is -0.325 e. The number of nitrogens with one attached hydrogen (secondary N) is 2. The van der Waals surface area contributed by atoms with E-state index in [9.17, 15) is 14.4 Å². The van der Waals surface area contributed by atoms with E-state index in [0.29, 0.717) is 37.9 Å². The maximum atomic E-state index is 12.0. The molecule has 4 heterocycles. The van der Waals surface area contributed by atoms with Gasteiger partial charge in [-0.15, -0.1) is 0 Å². The van der Waals surface area contributed by atoms with E-state index in [2.05, 4.69) is 20.6 Å². The number of rotatable bonds is 2. The van der Waals surface area contributed by atoms with E-state index in [4.69, 9.17) is 46.4 Å². The summed E-state index contributed by atoms with van der Waals surface area (Å²) in [5.74, 6) is -0.104. The molecule has 0 saturated carbocycles. The molecule has 7 nitrogen and oxygen atoms in total. The molecule has 0 radical (unpaired) electrons. The first-order valence-electron chi connectivity index (χ1n) is 11.3. The normalized spacial score (nSPS) is 13.7. The van der Waals surface area contributed by atoms with Gasteiger partial charge in [-0.1, -0.05) is 58.5 Å². The number of hydrogen-bond donors (Lipinski definition) is 2. The smallest absolute Gasteiger partial charge is 0.256 e. The second kappa shape index (κ2) is 12.9. The van der Waals surface area contributed by atoms with Crippen LogP contribution in [0.4, 0.5) is 11.4 Å². The molecule has 2 amide bonds. The van der Waals surface area contributed by atoms with Crippen LogP contribution < -0.4 is 10.6 Å². The Balaban J connectivity index is 0.000000149. The largest absolute Gasteiger partial charge is 0.325 e. The quantitative estimate of drug-likeness (QED) is 0.143. The first-order valence-corrected chi connectivity index (χ1v) is 12.8. The topological polar surface area (TPSA) is 101 Å². The molecule has 2 aromatic heterocycles. The molecule has 4 aromatic rings. The Labute approximate surface area is 243 Å². The van der Waals surface area contributed by atoms with E-state index in [-0.39, 0.29) is 11.8 Å². The number of aromatic nitrogens is 2. The second-order valence-corrected chi connectivity index (χ2v) is 9.82. The van der Waals surface area contributed by atoms with Gasteiger partial charge in [-0.05, 0) is 65.7 Å². The molecule has 2 aliphatic heterocycles. The Hall–Kier alpha value is -3.75. The number of amides is 2. The highest BCUT2D eigenvalue weighted by Crippen LogP contribution is 2.35. The van der Waals surface area contributed by atoms with Crippen molar-refractivity contribution >= 4 is 87.5 Å². The highest BCUT2D eigenvalue weighted by molar-refractivity contribution is 6.37. The van der Waals surface area contributed by atoms with Gasteiger partial charge in [0.1, 0.15) is 16.6 Å². The van der Waals surface area contributed by atoms with Crippen LogP contribution in [0.5, 0.6) is 0 Å². The number of carbonyl (C=O) groups excluding carboxylic acids is 3. The van der Waals surface area contributed by atoms with Gasteiger partial charge in [0.15, 0.2) is 0 Å². The molecule has 0 aliphatic carbocycles. The molecular formula is C28H18Cl4N4O3. The SMILES string of the molecule is O=C1Cc2ccc(Cl)cc2N1.O=C1Nc2cc(Cl)ccc2C1=Cc1ccnc(Cl)c1.O=Cc1ccnc(Cl)c1. The summed E-state index contributed by atoms with van der Waals surface area (Å²) >= 11 is 22.9. The molecule has 0 spiro atoms. The van der Waals surface area contributed by atoms with Crippen molar-refractivity contribution < 1.29 is 14.4 Å². The fourth-order valence-electron chi connectivity index (χ4n) is 3.66. The zero-order chi connectivity index (χ0) is 27.9. The van der Waals surface area contributed by atoms with Gasteiger partial charge in [-0.25, -0.2) is 9.97 Å². The van der Waals surface area contributed by atoms with E-state index in [1.54, 1.807) is 54.7 Å². The lowest BCUT2D eigenvalue weighted by Crippen LogP contribution is -2.03. The van der Waals surface area contributed by atoms with Crippen LogP contribution in [0.1, 0.15) is 27.0 Å². The molecule has 11 heteroatoms. The monoisotopic (exact) mass is 598 g/mol. The zero-order valence-corrected chi connectivity index (χ0v) is 22.9. The predicted octanol–water partition coefficient (Wildman–Crippen LogP) is 7.26. The van der Waals surface area contributed by atoms with Crippen molar-refractivity contribution in [2.45, 2.75) is 6.42 Å². The summed E-state index contributed by atoms with van der Waals surface area (Å²) in [5, 5.41) is 7.49. The molecular weight excluding hydrogens is 582 g/mol. The number of halogens is 4. The Morgan fingerprint density at radius 1 is 0.718 bits per heavy atom. The average Bonchev–Trinajstić information content (AvgIpc) is 3.42. The Morgan fingerprint density at radius 3 is 1.97 bits per heavy atom. The van der Waals surface area contributed by atoms with Crippen LogP contribution in [0.2, 0.25) is 20.4 Å². The lowest BCUT2D eigenvalue weighted by molar-refractivity contribution is -0.115. The maximum absolute atomic E-state index is 12.0. The molecule has 0 fully saturated rings. The summed E-state index contributed by atoms with van der Waals surface area (Å²) in [5.41, 5.74) is 5.41. The van der Waals surface area contributed by atoms with Crippen LogP contribution in [0.25, 0.3) is 11.6 Å². The molecule has 196 valence electrons. The molecule has 39 heavy (non-hydrogen) atoms. The highest BCUT2D eigenvalue weighted by Gasteiger charge is 2.24. The Morgan fingerprint density at radius 2 is 1.33 bits per heavy atom. The number of nitrogens with zero attached hydrogens (tertiary/aromatic N) is 2. The van der Waals surface area contributed by atoms with Crippen molar-refractivity contribution in [1.82, 2.24) is 9.97 Å². The number of benzene rings is 2. The van der Waals surface area contributed by atoms with Gasteiger partial charge >= 0.3 is 0 Å². The summed E-state index contributed by atoms with van der Waals surface area (Å²) in [6.45, 7) is 0. The van der Waals surface area contributed by atoms with Gasteiger partial charge in [0.25, 0.3) is 5.91 Å². The van der Waals surface area contributed by atoms with Gasteiger partial charge < -0.3 is 10.6 Å². The molecule has 0 bridgehead atoms. The van der Waals surface area contributed by atoms with Gasteiger partial charge in [0, 0.05) is 44.8 Å². The molecule has 0 atom stereocenters. The minimum absolute atomic E-state index is 0.0438. The fourth-order valence-corrected chi connectivity index (χ4v) is 4.37. The molecule has 2 N–H and O–H groups in total. The predicted molar refractivity (Wildman–Crippen MR) is 156 cm³/mol. The molecule has 2 aromatic carbocycles. The summed E-state index contributed by atoms with van der Waals surface area (Å²) in [4.78, 5) is 40.5. The molecule has 0 unspecified atom stereocenters. The Bertz CT molecular complexity index is 1610. The van der Waals surface area contributed by atoms with E-state index in [1.165, 1.54) is 12.3 Å². The third-order valence-corrected chi connectivity index (χ3v) is 6.29. The number of aldehydes is 1. The zero-order valence-electron chi connectivity index (χ0n) is 19.9. The third kappa shape index (κ3) is 7.65. The number of pyridine rings is 2. The standard InChI is InChI=1S/C14H8Cl2N2O.C8H6ClNO.C6H4ClNO/c15-9-1-2-10-11(14(19)18-12(10)7-9)5-8-3-4-17-13(16)6-8;9-6-2-1-5-3-8(11)10-7(5)4-6;7-6-3-5(4-9)1-2-8-6/h1-7H,(H,18,19);1-2,4H,3H2,(H,10,11);1-4H. The van der Waals surface area contributed by atoms with E-state index < -0.39 is 0 Å². The molecule has 6 rings (SSSR count). The van der Waals surface area contributed by atoms with Crippen molar-refractivity contribution in [3.05, 3.63) is 116 Å². The number of hydrogen-bond acceptors (Lipinski definition) is 5. The maximum Gasteiger partial charge on any atom is 0.256 e. The lowest BCUT2D eigenvalue weighted by atomic mass is 10.0. The van der Waals surface area contributed by atoms with Crippen LogP contribution in [-0.2, 0) is 16.0 Å². The number of carbonyl (C=O) groups is 3. The number of anilines is 2. The third-order valence-electron chi connectivity index (χ3n) is 5.41. The van der Waals surface area contributed by atoms with Crippen LogP contribution in [0.3, 0.4) is 0 Å². The minimum atomic E-state index is -0.148.